The molecule has 3 unspecified atom stereocenters. The molecule has 0 saturated carbocycles. The minimum absolute atomic E-state index is 0.00136. The van der Waals surface area contributed by atoms with Crippen molar-refractivity contribution in [3.8, 4) is 0 Å². The first-order valence-electron chi connectivity index (χ1n) is 23.5. The number of nitrogens with two attached hydrogens (primary N) is 1. The van der Waals surface area contributed by atoms with E-state index in [2.05, 4.69) is 86.8 Å². The second-order valence-electron chi connectivity index (χ2n) is 15.5. The van der Waals surface area contributed by atoms with Crippen LogP contribution in [0, 0.1) is 0 Å². The van der Waals surface area contributed by atoms with Crippen LogP contribution in [0.4, 0.5) is 0 Å². The van der Waals surface area contributed by atoms with Crippen LogP contribution in [0.3, 0.4) is 0 Å². The summed E-state index contributed by atoms with van der Waals surface area (Å²) in [7, 11) is -4.63. The number of hydrogen-bond acceptors (Lipinski definition) is 8. The van der Waals surface area contributed by atoms with Crippen LogP contribution >= 0.6 is 7.82 Å². The summed E-state index contributed by atoms with van der Waals surface area (Å²) < 4.78 is 33.4. The second kappa shape index (κ2) is 44.5. The summed E-state index contributed by atoms with van der Waals surface area (Å²) in [6.45, 7) is 3.73. The van der Waals surface area contributed by atoms with Crippen LogP contribution < -0.4 is 5.73 Å². The lowest BCUT2D eigenvalue weighted by atomic mass is 10.1. The van der Waals surface area contributed by atoms with E-state index in [9.17, 15) is 19.0 Å². The van der Waals surface area contributed by atoms with Crippen LogP contribution in [0.2, 0.25) is 0 Å². The number of phosphoric acid groups is 1. The first-order valence-corrected chi connectivity index (χ1v) is 25.0. The number of allylic oxidation sites excluding steroid dienone is 12. The van der Waals surface area contributed by atoms with Crippen molar-refractivity contribution in [1.29, 1.82) is 0 Å². The van der Waals surface area contributed by atoms with E-state index in [0.29, 0.717) is 13.0 Å². The van der Waals surface area contributed by atoms with Crippen molar-refractivity contribution in [2.24, 2.45) is 5.73 Å². The number of carboxylic acid groups (broad SMARTS) is 1. The summed E-state index contributed by atoms with van der Waals surface area (Å²) >= 11 is 0. The Hall–Kier alpha value is -2.59. The van der Waals surface area contributed by atoms with Crippen molar-refractivity contribution in [1.82, 2.24) is 0 Å². The number of rotatable bonds is 44. The van der Waals surface area contributed by atoms with Crippen molar-refractivity contribution >= 4 is 19.8 Å². The Labute approximate surface area is 365 Å². The predicted molar refractivity (Wildman–Crippen MR) is 249 cm³/mol. The maximum absolute atomic E-state index is 12.7. The molecule has 0 aliphatic carbocycles. The van der Waals surface area contributed by atoms with E-state index in [-0.39, 0.29) is 13.0 Å². The SMILES string of the molecule is CC/C=C\C/C=C\C/C=C\C/C=C\C/C=C\CCCCCCCC(=O)OC(COCCCCCCCC/C=C\CCCCCCCCC)COP(=O)(O)OCC(N)C(=O)O. The highest BCUT2D eigenvalue weighted by Crippen LogP contribution is 2.43. The number of phosphoric ester groups is 1. The summed E-state index contributed by atoms with van der Waals surface area (Å²) in [6, 6.07) is -1.48. The summed E-state index contributed by atoms with van der Waals surface area (Å²) in [5.41, 5.74) is 5.36. The average molecular weight is 864 g/mol. The fourth-order valence-corrected chi connectivity index (χ4v) is 6.87. The first kappa shape index (κ1) is 57.4. The van der Waals surface area contributed by atoms with E-state index in [1.54, 1.807) is 0 Å². The van der Waals surface area contributed by atoms with E-state index in [1.165, 1.54) is 70.6 Å². The first-order chi connectivity index (χ1) is 29.2. The van der Waals surface area contributed by atoms with E-state index in [4.69, 9.17) is 29.4 Å². The van der Waals surface area contributed by atoms with Crippen molar-refractivity contribution in [2.45, 2.75) is 199 Å². The van der Waals surface area contributed by atoms with E-state index in [0.717, 1.165) is 89.9 Å². The van der Waals surface area contributed by atoms with E-state index in [1.807, 2.05) is 0 Å². The number of ether oxygens (including phenoxy) is 2. The number of unbranched alkanes of at least 4 members (excludes halogenated alkanes) is 18. The molecule has 0 heterocycles. The molecular weight excluding hydrogens is 778 g/mol. The molecule has 346 valence electrons. The van der Waals surface area contributed by atoms with Gasteiger partial charge in [0.05, 0.1) is 19.8 Å². The van der Waals surface area contributed by atoms with Gasteiger partial charge in [0.15, 0.2) is 0 Å². The molecule has 0 aromatic heterocycles. The molecule has 0 aliphatic rings. The third kappa shape index (κ3) is 43.5. The molecule has 11 heteroatoms. The van der Waals surface area contributed by atoms with Gasteiger partial charge in [-0.1, -0.05) is 170 Å². The Kier molecular flexibility index (Phi) is 42.5. The fraction of sp³-hybridized carbons (Fsp3) is 0.714. The van der Waals surface area contributed by atoms with Gasteiger partial charge in [0.2, 0.25) is 0 Å². The monoisotopic (exact) mass is 864 g/mol. The highest BCUT2D eigenvalue weighted by molar-refractivity contribution is 7.47. The summed E-state index contributed by atoms with van der Waals surface area (Å²) in [6.07, 6.45) is 55.2. The van der Waals surface area contributed by atoms with Crippen LogP contribution in [0.25, 0.3) is 0 Å². The third-order valence-electron chi connectivity index (χ3n) is 9.72. The van der Waals surface area contributed by atoms with Crippen LogP contribution in [0.5, 0.6) is 0 Å². The predicted octanol–water partition coefficient (Wildman–Crippen LogP) is 13.4. The van der Waals surface area contributed by atoms with Gasteiger partial charge in [0, 0.05) is 13.0 Å². The standard InChI is InChI=1S/C49H86NO9P/c1-3-5-7-9-11-13-15-17-19-21-22-23-24-25-27-29-31-33-35-37-39-41-48(51)59-46(44-57-60(54,55)58-45-47(50)49(52)53)43-56-42-40-38-36-34-32-30-28-26-20-18-16-14-12-10-8-6-4-2/h5,7,11,13,17,19-20,22-23,25-27,46-47H,3-4,6,8-10,12,14-16,18,21,24,28-45,50H2,1-2H3,(H,52,53)(H,54,55)/b7-5-,13-11-,19-17-,23-22-,26-20-,27-25-. The van der Waals surface area contributed by atoms with Gasteiger partial charge in [0.25, 0.3) is 0 Å². The van der Waals surface area contributed by atoms with Crippen molar-refractivity contribution in [3.05, 3.63) is 72.9 Å². The quantitative estimate of drug-likeness (QED) is 0.0233. The number of esters is 1. The van der Waals surface area contributed by atoms with E-state index >= 15 is 0 Å². The smallest absolute Gasteiger partial charge is 0.472 e. The number of hydrogen-bond donors (Lipinski definition) is 3. The topological polar surface area (TPSA) is 155 Å². The molecule has 0 spiro atoms. The molecule has 0 aromatic rings. The lowest BCUT2D eigenvalue weighted by molar-refractivity contribution is -0.154. The minimum atomic E-state index is -4.63. The lowest BCUT2D eigenvalue weighted by Gasteiger charge is -2.20. The van der Waals surface area contributed by atoms with Gasteiger partial charge in [-0.25, -0.2) is 4.57 Å². The normalized spacial score (nSPS) is 14.5. The summed E-state index contributed by atoms with van der Waals surface area (Å²) in [4.78, 5) is 33.6. The minimum Gasteiger partial charge on any atom is -0.480 e. The van der Waals surface area contributed by atoms with Gasteiger partial charge in [-0.05, 0) is 83.5 Å². The molecule has 4 N–H and O–H groups in total. The molecule has 0 saturated heterocycles. The van der Waals surface area contributed by atoms with Gasteiger partial charge in [0.1, 0.15) is 12.1 Å². The maximum atomic E-state index is 12.7. The zero-order chi connectivity index (χ0) is 44.0. The van der Waals surface area contributed by atoms with Crippen LogP contribution in [0.1, 0.15) is 187 Å². The zero-order valence-electron chi connectivity index (χ0n) is 37.8. The maximum Gasteiger partial charge on any atom is 0.472 e. The number of carbonyl (C=O) groups excluding carboxylic acids is 1. The number of carboxylic acids is 1. The zero-order valence-corrected chi connectivity index (χ0v) is 38.7. The highest BCUT2D eigenvalue weighted by atomic mass is 31.2. The van der Waals surface area contributed by atoms with Gasteiger partial charge in [-0.2, -0.15) is 0 Å². The van der Waals surface area contributed by atoms with Gasteiger partial charge < -0.3 is 25.2 Å². The number of aliphatic carboxylic acids is 1. The largest absolute Gasteiger partial charge is 0.480 e. The molecule has 10 nitrogen and oxygen atoms in total. The fourth-order valence-electron chi connectivity index (χ4n) is 6.09. The Balaban J connectivity index is 4.27. The molecule has 0 aliphatic heterocycles. The summed E-state index contributed by atoms with van der Waals surface area (Å²) in [5.74, 6) is -1.80. The molecular formula is C49H86NO9P. The highest BCUT2D eigenvalue weighted by Gasteiger charge is 2.27. The number of carbonyl (C=O) groups is 2. The molecule has 0 aromatic carbocycles. The molecule has 3 atom stereocenters. The van der Waals surface area contributed by atoms with Gasteiger partial charge in [-0.3, -0.25) is 18.6 Å². The Morgan fingerprint density at radius 1 is 0.550 bits per heavy atom. The van der Waals surface area contributed by atoms with E-state index < -0.39 is 45.1 Å². The Morgan fingerprint density at radius 2 is 0.967 bits per heavy atom. The van der Waals surface area contributed by atoms with Crippen LogP contribution in [-0.2, 0) is 32.7 Å². The van der Waals surface area contributed by atoms with Crippen molar-refractivity contribution < 1.29 is 42.7 Å². The van der Waals surface area contributed by atoms with Crippen LogP contribution in [-0.4, -0.2) is 60.5 Å². The average Bonchev–Trinajstić information content (AvgIpc) is 3.23. The third-order valence-corrected chi connectivity index (χ3v) is 10.7. The molecule has 0 fully saturated rings. The molecule has 60 heavy (non-hydrogen) atoms. The summed E-state index contributed by atoms with van der Waals surface area (Å²) in [5, 5.41) is 8.91. The Morgan fingerprint density at radius 3 is 1.47 bits per heavy atom. The molecule has 0 rings (SSSR count). The van der Waals surface area contributed by atoms with Gasteiger partial charge in [-0.15, -0.1) is 0 Å². The molecule has 0 amide bonds. The molecule has 0 bridgehead atoms. The van der Waals surface area contributed by atoms with Crippen molar-refractivity contribution in [2.75, 3.05) is 26.4 Å². The van der Waals surface area contributed by atoms with Crippen molar-refractivity contribution in [3.63, 3.8) is 0 Å². The van der Waals surface area contributed by atoms with Crippen LogP contribution in [0.15, 0.2) is 72.9 Å². The molecule has 0 radical (unpaired) electrons. The Bertz CT molecular complexity index is 1230. The lowest BCUT2D eigenvalue weighted by Crippen LogP contribution is -2.34. The van der Waals surface area contributed by atoms with Gasteiger partial charge >= 0.3 is 19.8 Å². The second-order valence-corrected chi connectivity index (χ2v) is 17.0.